The van der Waals surface area contributed by atoms with Crippen LogP contribution in [0.15, 0.2) is 22.7 Å². The first-order valence-corrected chi connectivity index (χ1v) is 7.25. The fourth-order valence-corrected chi connectivity index (χ4v) is 2.88. The summed E-state index contributed by atoms with van der Waals surface area (Å²) in [6.07, 6.45) is 3.48. The maximum atomic E-state index is 12.5. The second-order valence-corrected chi connectivity index (χ2v) is 5.76. The summed E-state index contributed by atoms with van der Waals surface area (Å²) in [5, 5.41) is 0. The number of hydrogen-bond acceptors (Lipinski definition) is 2. The van der Waals surface area contributed by atoms with Crippen LogP contribution in [-0.2, 0) is 0 Å². The van der Waals surface area contributed by atoms with E-state index >= 15 is 0 Å². The van der Waals surface area contributed by atoms with Gasteiger partial charge in [0.15, 0.2) is 0 Å². The second-order valence-electron chi connectivity index (χ2n) is 4.91. The Bertz CT molecular complexity index is 447. The Morgan fingerprint density at radius 1 is 1.56 bits per heavy atom. The Morgan fingerprint density at radius 3 is 3.06 bits per heavy atom. The average Bonchev–Trinajstić information content (AvgIpc) is 2.41. The van der Waals surface area contributed by atoms with E-state index in [1.807, 2.05) is 11.0 Å². The topological polar surface area (TPSA) is 46.3 Å². The number of benzene rings is 1. The summed E-state index contributed by atoms with van der Waals surface area (Å²) in [6.45, 7) is 3.92. The quantitative estimate of drug-likeness (QED) is 0.852. The third-order valence-electron chi connectivity index (χ3n) is 3.60. The van der Waals surface area contributed by atoms with E-state index in [0.717, 1.165) is 30.4 Å². The molecule has 0 radical (unpaired) electrons. The molecule has 1 fully saturated rings. The van der Waals surface area contributed by atoms with Crippen LogP contribution in [0.3, 0.4) is 0 Å². The van der Waals surface area contributed by atoms with Crippen LogP contribution < -0.4 is 5.73 Å². The molecule has 1 heterocycles. The standard InChI is InChI=1S/C14H19BrN2O/c1-2-10-4-3-7-17(9-10)14(18)12-8-11(16)5-6-13(12)15/h5-6,8,10H,2-4,7,9,16H2,1H3. The zero-order valence-corrected chi connectivity index (χ0v) is 12.2. The molecule has 0 aromatic heterocycles. The van der Waals surface area contributed by atoms with Gasteiger partial charge in [-0.15, -0.1) is 0 Å². The van der Waals surface area contributed by atoms with Gasteiger partial charge < -0.3 is 10.6 Å². The fourth-order valence-electron chi connectivity index (χ4n) is 2.46. The average molecular weight is 311 g/mol. The molecule has 4 heteroatoms. The van der Waals surface area contributed by atoms with Gasteiger partial charge in [-0.25, -0.2) is 0 Å². The minimum atomic E-state index is 0.0901. The summed E-state index contributed by atoms with van der Waals surface area (Å²) in [7, 11) is 0. The van der Waals surface area contributed by atoms with Gasteiger partial charge in [0, 0.05) is 23.2 Å². The molecule has 1 amide bonds. The number of nitrogens with zero attached hydrogens (tertiary/aromatic N) is 1. The normalized spacial score (nSPS) is 19.9. The van der Waals surface area contributed by atoms with Crippen LogP contribution in [0.5, 0.6) is 0 Å². The zero-order chi connectivity index (χ0) is 13.1. The summed E-state index contributed by atoms with van der Waals surface area (Å²) >= 11 is 3.43. The van der Waals surface area contributed by atoms with E-state index in [2.05, 4.69) is 22.9 Å². The van der Waals surface area contributed by atoms with Gasteiger partial charge in [0.25, 0.3) is 5.91 Å². The number of carbonyl (C=O) groups is 1. The van der Waals surface area contributed by atoms with Crippen molar-refractivity contribution in [3.05, 3.63) is 28.2 Å². The maximum Gasteiger partial charge on any atom is 0.255 e. The maximum absolute atomic E-state index is 12.5. The predicted octanol–water partition coefficient (Wildman–Crippen LogP) is 3.29. The number of hydrogen-bond donors (Lipinski definition) is 1. The van der Waals surface area contributed by atoms with Gasteiger partial charge in [0.1, 0.15) is 0 Å². The van der Waals surface area contributed by atoms with Crippen molar-refractivity contribution in [1.82, 2.24) is 4.90 Å². The molecule has 0 saturated carbocycles. The zero-order valence-electron chi connectivity index (χ0n) is 10.7. The number of likely N-dealkylation sites (tertiary alicyclic amines) is 1. The first-order chi connectivity index (χ1) is 8.61. The van der Waals surface area contributed by atoms with E-state index in [1.54, 1.807) is 12.1 Å². The molecular formula is C14H19BrN2O. The van der Waals surface area contributed by atoms with E-state index in [1.165, 1.54) is 6.42 Å². The Morgan fingerprint density at radius 2 is 2.33 bits per heavy atom. The van der Waals surface area contributed by atoms with Crippen LogP contribution in [0.1, 0.15) is 36.5 Å². The van der Waals surface area contributed by atoms with E-state index in [-0.39, 0.29) is 5.91 Å². The number of halogens is 1. The van der Waals surface area contributed by atoms with E-state index in [0.29, 0.717) is 17.2 Å². The summed E-state index contributed by atoms with van der Waals surface area (Å²) in [6, 6.07) is 5.39. The fraction of sp³-hybridized carbons (Fsp3) is 0.500. The molecule has 98 valence electrons. The molecule has 0 spiro atoms. The number of rotatable bonds is 2. The van der Waals surface area contributed by atoms with Crippen LogP contribution >= 0.6 is 15.9 Å². The number of nitrogen functional groups attached to an aromatic ring is 1. The van der Waals surface area contributed by atoms with E-state index < -0.39 is 0 Å². The van der Waals surface area contributed by atoms with Crippen molar-refractivity contribution in [3.8, 4) is 0 Å². The van der Waals surface area contributed by atoms with E-state index in [4.69, 9.17) is 5.73 Å². The van der Waals surface area contributed by atoms with Crippen molar-refractivity contribution in [2.24, 2.45) is 5.92 Å². The highest BCUT2D eigenvalue weighted by Gasteiger charge is 2.24. The molecule has 0 aliphatic carbocycles. The lowest BCUT2D eigenvalue weighted by atomic mass is 9.95. The Labute approximate surface area is 116 Å². The lowest BCUT2D eigenvalue weighted by molar-refractivity contribution is 0.0670. The van der Waals surface area contributed by atoms with Gasteiger partial charge in [0.05, 0.1) is 5.56 Å². The molecule has 1 saturated heterocycles. The molecule has 1 atom stereocenters. The predicted molar refractivity (Wildman–Crippen MR) is 77.5 cm³/mol. The van der Waals surface area contributed by atoms with Crippen molar-refractivity contribution in [2.45, 2.75) is 26.2 Å². The first kappa shape index (κ1) is 13.4. The summed E-state index contributed by atoms with van der Waals surface area (Å²) in [5.74, 6) is 0.731. The van der Waals surface area contributed by atoms with Crippen molar-refractivity contribution in [1.29, 1.82) is 0 Å². The highest BCUT2D eigenvalue weighted by molar-refractivity contribution is 9.10. The molecule has 1 aromatic rings. The van der Waals surface area contributed by atoms with Crippen molar-refractivity contribution in [3.63, 3.8) is 0 Å². The van der Waals surface area contributed by atoms with Crippen LogP contribution in [0.4, 0.5) is 5.69 Å². The molecule has 1 unspecified atom stereocenters. The molecular weight excluding hydrogens is 292 g/mol. The van der Waals surface area contributed by atoms with E-state index in [9.17, 15) is 4.79 Å². The van der Waals surface area contributed by atoms with Crippen molar-refractivity contribution >= 4 is 27.5 Å². The highest BCUT2D eigenvalue weighted by atomic mass is 79.9. The van der Waals surface area contributed by atoms with Gasteiger partial charge in [-0.1, -0.05) is 13.3 Å². The summed E-state index contributed by atoms with van der Waals surface area (Å²) < 4.78 is 0.820. The monoisotopic (exact) mass is 310 g/mol. The lowest BCUT2D eigenvalue weighted by Crippen LogP contribution is -2.39. The SMILES string of the molecule is CCC1CCCN(C(=O)c2cc(N)ccc2Br)C1. The molecule has 2 N–H and O–H groups in total. The molecule has 18 heavy (non-hydrogen) atoms. The summed E-state index contributed by atoms with van der Waals surface area (Å²) in [5.41, 5.74) is 7.06. The number of amides is 1. The molecule has 3 nitrogen and oxygen atoms in total. The van der Waals surface area contributed by atoms with Crippen molar-refractivity contribution in [2.75, 3.05) is 18.8 Å². The van der Waals surface area contributed by atoms with Gasteiger partial charge in [-0.05, 0) is 52.9 Å². The van der Waals surface area contributed by atoms with Gasteiger partial charge in [0.2, 0.25) is 0 Å². The largest absolute Gasteiger partial charge is 0.399 e. The molecule has 0 bridgehead atoms. The van der Waals surface area contributed by atoms with Crippen LogP contribution in [0.2, 0.25) is 0 Å². The third-order valence-corrected chi connectivity index (χ3v) is 4.30. The Kier molecular flexibility index (Phi) is 4.27. The Hall–Kier alpha value is -1.03. The minimum Gasteiger partial charge on any atom is -0.399 e. The third kappa shape index (κ3) is 2.86. The van der Waals surface area contributed by atoms with Crippen LogP contribution in [0.25, 0.3) is 0 Å². The van der Waals surface area contributed by atoms with Gasteiger partial charge in [-0.2, -0.15) is 0 Å². The molecule has 1 aromatic carbocycles. The second kappa shape index (κ2) is 5.74. The van der Waals surface area contributed by atoms with Gasteiger partial charge in [-0.3, -0.25) is 4.79 Å². The Balaban J connectivity index is 2.17. The number of nitrogens with two attached hydrogens (primary N) is 1. The lowest BCUT2D eigenvalue weighted by Gasteiger charge is -2.32. The molecule has 1 aliphatic rings. The number of anilines is 1. The first-order valence-electron chi connectivity index (χ1n) is 6.46. The number of piperidine rings is 1. The van der Waals surface area contributed by atoms with Gasteiger partial charge >= 0.3 is 0 Å². The summed E-state index contributed by atoms with van der Waals surface area (Å²) in [4.78, 5) is 14.4. The number of carbonyl (C=O) groups excluding carboxylic acids is 1. The smallest absolute Gasteiger partial charge is 0.255 e. The highest BCUT2D eigenvalue weighted by Crippen LogP contribution is 2.25. The molecule has 2 rings (SSSR count). The van der Waals surface area contributed by atoms with Crippen LogP contribution in [0, 0.1) is 5.92 Å². The van der Waals surface area contributed by atoms with Crippen molar-refractivity contribution < 1.29 is 4.79 Å². The minimum absolute atomic E-state index is 0.0901. The molecule has 1 aliphatic heterocycles. The van der Waals surface area contributed by atoms with Crippen LogP contribution in [-0.4, -0.2) is 23.9 Å².